The minimum absolute atomic E-state index is 0.887. The predicted octanol–water partition coefficient (Wildman–Crippen LogP) is 4.17. The maximum absolute atomic E-state index is 5.17. The van der Waals surface area contributed by atoms with Crippen LogP contribution in [-0.4, -0.2) is 6.54 Å². The zero-order valence-corrected chi connectivity index (χ0v) is 12.3. The van der Waals surface area contributed by atoms with Crippen LogP contribution in [0.5, 0.6) is 0 Å². The van der Waals surface area contributed by atoms with Gasteiger partial charge in [0.25, 0.3) is 0 Å². The van der Waals surface area contributed by atoms with E-state index in [4.69, 9.17) is 6.42 Å². The summed E-state index contributed by atoms with van der Waals surface area (Å²) in [5.74, 6) is 2.65. The Bertz CT molecular complexity index is 321. The van der Waals surface area contributed by atoms with Gasteiger partial charge in [0, 0.05) is 22.3 Å². The molecule has 0 bridgehead atoms. The second-order valence-corrected chi connectivity index (χ2v) is 6.48. The van der Waals surface area contributed by atoms with Crippen LogP contribution in [-0.2, 0) is 6.54 Å². The number of unbranched alkanes of at least 4 members (excludes halogenated alkanes) is 2. The largest absolute Gasteiger partial charge is 0.312 e. The molecule has 1 nitrogen and oxygen atoms in total. The molecule has 4 heteroatoms. The standard InChI is InChI=1S/C11H13Br2NS/c1-2-3-4-5-6-14-8-9-7-10(12)11(13)15-9/h1,7,14H,3-6,8H2. The highest BCUT2D eigenvalue weighted by Crippen LogP contribution is 2.32. The van der Waals surface area contributed by atoms with Crippen molar-refractivity contribution in [3.8, 4) is 12.3 Å². The van der Waals surface area contributed by atoms with Gasteiger partial charge in [0.2, 0.25) is 0 Å². The maximum atomic E-state index is 5.17. The SMILES string of the molecule is C#CCCCCNCc1cc(Br)c(Br)s1. The van der Waals surface area contributed by atoms with E-state index in [0.717, 1.165) is 40.6 Å². The molecule has 0 fully saturated rings. The molecule has 0 aliphatic heterocycles. The van der Waals surface area contributed by atoms with Gasteiger partial charge in [-0.1, -0.05) is 0 Å². The van der Waals surface area contributed by atoms with Gasteiger partial charge in [-0.2, -0.15) is 0 Å². The second kappa shape index (κ2) is 7.45. The number of rotatable bonds is 6. The van der Waals surface area contributed by atoms with E-state index in [2.05, 4.69) is 49.2 Å². The molecule has 0 radical (unpaired) electrons. The lowest BCUT2D eigenvalue weighted by atomic mass is 10.2. The third-order valence-electron chi connectivity index (χ3n) is 1.92. The van der Waals surface area contributed by atoms with Gasteiger partial charge in [-0.05, 0) is 57.3 Å². The number of hydrogen-bond donors (Lipinski definition) is 1. The van der Waals surface area contributed by atoms with Crippen molar-refractivity contribution >= 4 is 43.2 Å². The van der Waals surface area contributed by atoms with Gasteiger partial charge in [-0.3, -0.25) is 0 Å². The van der Waals surface area contributed by atoms with Crippen LogP contribution < -0.4 is 5.32 Å². The van der Waals surface area contributed by atoms with Crippen molar-refractivity contribution in [1.82, 2.24) is 5.32 Å². The molecular formula is C11H13Br2NS. The first-order chi connectivity index (χ1) is 7.24. The van der Waals surface area contributed by atoms with Crippen LogP contribution in [0.3, 0.4) is 0 Å². The molecule has 15 heavy (non-hydrogen) atoms. The molecule has 0 saturated heterocycles. The van der Waals surface area contributed by atoms with E-state index >= 15 is 0 Å². The van der Waals surface area contributed by atoms with Crippen molar-refractivity contribution in [3.05, 3.63) is 19.2 Å². The van der Waals surface area contributed by atoms with Crippen molar-refractivity contribution in [3.63, 3.8) is 0 Å². The van der Waals surface area contributed by atoms with Crippen LogP contribution in [0.2, 0.25) is 0 Å². The fourth-order valence-corrected chi connectivity index (χ4v) is 3.31. The van der Waals surface area contributed by atoms with E-state index in [1.165, 1.54) is 4.88 Å². The quantitative estimate of drug-likeness (QED) is 0.599. The normalized spacial score (nSPS) is 10.2. The van der Waals surface area contributed by atoms with Crippen LogP contribution in [0, 0.1) is 12.3 Å². The Morgan fingerprint density at radius 1 is 1.40 bits per heavy atom. The Labute approximate surface area is 112 Å². The van der Waals surface area contributed by atoms with Crippen LogP contribution in [0.4, 0.5) is 0 Å². The number of halogens is 2. The lowest BCUT2D eigenvalue weighted by Crippen LogP contribution is -2.13. The Hall–Kier alpha value is 0.180. The average Bonchev–Trinajstić information content (AvgIpc) is 2.52. The van der Waals surface area contributed by atoms with Crippen molar-refractivity contribution in [1.29, 1.82) is 0 Å². The van der Waals surface area contributed by atoms with E-state index in [9.17, 15) is 0 Å². The zero-order chi connectivity index (χ0) is 11.1. The van der Waals surface area contributed by atoms with Crippen molar-refractivity contribution in [2.75, 3.05) is 6.54 Å². The fourth-order valence-electron chi connectivity index (χ4n) is 1.17. The summed E-state index contributed by atoms with van der Waals surface area (Å²) in [6.45, 7) is 1.97. The summed E-state index contributed by atoms with van der Waals surface area (Å²) < 4.78 is 2.29. The summed E-state index contributed by atoms with van der Waals surface area (Å²) in [5, 5.41) is 3.40. The number of nitrogens with one attached hydrogen (secondary N) is 1. The number of hydrogen-bond acceptors (Lipinski definition) is 2. The van der Waals surface area contributed by atoms with Gasteiger partial charge in [-0.15, -0.1) is 23.7 Å². The van der Waals surface area contributed by atoms with E-state index in [1.54, 1.807) is 11.3 Å². The lowest BCUT2D eigenvalue weighted by molar-refractivity contribution is 0.633. The average molecular weight is 351 g/mol. The molecule has 0 aliphatic carbocycles. The molecular weight excluding hydrogens is 338 g/mol. The van der Waals surface area contributed by atoms with Crippen LogP contribution in [0.15, 0.2) is 14.3 Å². The van der Waals surface area contributed by atoms with Crippen LogP contribution >= 0.6 is 43.2 Å². The van der Waals surface area contributed by atoms with E-state index < -0.39 is 0 Å². The molecule has 0 unspecified atom stereocenters. The van der Waals surface area contributed by atoms with Crippen molar-refractivity contribution in [2.24, 2.45) is 0 Å². The van der Waals surface area contributed by atoms with Gasteiger partial charge in [0.1, 0.15) is 0 Å². The molecule has 0 amide bonds. The van der Waals surface area contributed by atoms with Crippen LogP contribution in [0.25, 0.3) is 0 Å². The van der Waals surface area contributed by atoms with Gasteiger partial charge in [0.15, 0.2) is 0 Å². The molecule has 0 aromatic carbocycles. The third kappa shape index (κ3) is 5.17. The minimum atomic E-state index is 0.887. The highest BCUT2D eigenvalue weighted by Gasteiger charge is 2.02. The Morgan fingerprint density at radius 3 is 2.80 bits per heavy atom. The first-order valence-corrected chi connectivity index (χ1v) is 7.22. The molecule has 1 heterocycles. The highest BCUT2D eigenvalue weighted by molar-refractivity contribution is 9.13. The van der Waals surface area contributed by atoms with Gasteiger partial charge >= 0.3 is 0 Å². The Kier molecular flexibility index (Phi) is 6.58. The maximum Gasteiger partial charge on any atom is 0.0843 e. The van der Waals surface area contributed by atoms with Gasteiger partial charge < -0.3 is 5.32 Å². The van der Waals surface area contributed by atoms with E-state index in [-0.39, 0.29) is 0 Å². The van der Waals surface area contributed by atoms with E-state index in [1.807, 2.05) is 0 Å². The smallest absolute Gasteiger partial charge is 0.0843 e. The summed E-state index contributed by atoms with van der Waals surface area (Å²) in [7, 11) is 0. The Balaban J connectivity index is 2.13. The molecule has 1 aromatic heterocycles. The van der Waals surface area contributed by atoms with E-state index in [0.29, 0.717) is 0 Å². The summed E-state index contributed by atoms with van der Waals surface area (Å²) >= 11 is 8.71. The molecule has 0 saturated carbocycles. The second-order valence-electron chi connectivity index (χ2n) is 3.17. The highest BCUT2D eigenvalue weighted by atomic mass is 79.9. The van der Waals surface area contributed by atoms with Crippen molar-refractivity contribution in [2.45, 2.75) is 25.8 Å². The summed E-state index contributed by atoms with van der Waals surface area (Å²) in [6, 6.07) is 2.14. The third-order valence-corrected chi connectivity index (χ3v) is 5.18. The summed E-state index contributed by atoms with van der Waals surface area (Å²) in [6.07, 6.45) is 8.32. The zero-order valence-electron chi connectivity index (χ0n) is 8.35. The van der Waals surface area contributed by atoms with Crippen molar-refractivity contribution < 1.29 is 0 Å². The molecule has 0 atom stereocenters. The minimum Gasteiger partial charge on any atom is -0.312 e. The molecule has 0 aliphatic rings. The van der Waals surface area contributed by atoms with Crippen LogP contribution in [0.1, 0.15) is 24.1 Å². The molecule has 82 valence electrons. The first kappa shape index (κ1) is 13.2. The topological polar surface area (TPSA) is 12.0 Å². The Morgan fingerprint density at radius 2 is 2.20 bits per heavy atom. The summed E-state index contributed by atoms with van der Waals surface area (Å²) in [4.78, 5) is 1.34. The number of thiophene rings is 1. The molecule has 1 rings (SSSR count). The molecule has 0 spiro atoms. The number of terminal acetylenes is 1. The van der Waals surface area contributed by atoms with Gasteiger partial charge in [-0.25, -0.2) is 0 Å². The summed E-state index contributed by atoms with van der Waals surface area (Å²) in [5.41, 5.74) is 0. The molecule has 1 N–H and O–H groups in total. The first-order valence-electron chi connectivity index (χ1n) is 4.82. The fraction of sp³-hybridized carbons (Fsp3) is 0.455. The monoisotopic (exact) mass is 349 g/mol. The predicted molar refractivity (Wildman–Crippen MR) is 74.1 cm³/mol. The van der Waals surface area contributed by atoms with Gasteiger partial charge in [0.05, 0.1) is 3.79 Å². The molecule has 1 aromatic rings. The lowest BCUT2D eigenvalue weighted by Gasteiger charge is -2.00.